The van der Waals surface area contributed by atoms with Gasteiger partial charge in [-0.3, -0.25) is 14.5 Å². The smallest absolute Gasteiger partial charge is 0.238 e. The second-order valence-electron chi connectivity index (χ2n) is 8.85. The highest BCUT2D eigenvalue weighted by Crippen LogP contribution is 2.42. The predicted octanol–water partition coefficient (Wildman–Crippen LogP) is 6.28. The summed E-state index contributed by atoms with van der Waals surface area (Å²) in [5.41, 5.74) is 4.05. The number of thioether (sulfide) groups is 1. The number of nitrogens with zero attached hydrogens (tertiary/aromatic N) is 1. The van der Waals surface area contributed by atoms with Gasteiger partial charge in [0, 0.05) is 17.8 Å². The van der Waals surface area contributed by atoms with Gasteiger partial charge >= 0.3 is 0 Å². The van der Waals surface area contributed by atoms with Crippen molar-refractivity contribution in [3.63, 3.8) is 0 Å². The van der Waals surface area contributed by atoms with Gasteiger partial charge in [-0.2, -0.15) is 0 Å². The molecule has 3 rings (SSSR count). The Hall–Kier alpha value is -2.27. The number of benzene rings is 2. The van der Waals surface area contributed by atoms with Crippen molar-refractivity contribution in [2.75, 3.05) is 16.0 Å². The SMILES string of the molecule is CCCCCC(=O)Nc1cccc([C@@H]2SCC(=O)N2c2ccc(C(C)(C)C)cc2)c1. The molecule has 0 radical (unpaired) electrons. The highest BCUT2D eigenvalue weighted by molar-refractivity contribution is 8.00. The van der Waals surface area contributed by atoms with Crippen LogP contribution in [0.4, 0.5) is 11.4 Å². The molecular formula is C25H32N2O2S. The van der Waals surface area contributed by atoms with Crippen LogP contribution in [-0.4, -0.2) is 17.6 Å². The maximum absolute atomic E-state index is 12.7. The van der Waals surface area contributed by atoms with Crippen LogP contribution in [0.2, 0.25) is 0 Å². The molecule has 1 aliphatic heterocycles. The maximum Gasteiger partial charge on any atom is 0.238 e. The lowest BCUT2D eigenvalue weighted by atomic mass is 9.87. The Bertz CT molecular complexity index is 887. The highest BCUT2D eigenvalue weighted by atomic mass is 32.2. The fraction of sp³-hybridized carbons (Fsp3) is 0.440. The predicted molar refractivity (Wildman–Crippen MR) is 127 cm³/mol. The number of anilines is 2. The van der Waals surface area contributed by atoms with Crippen LogP contribution in [0.1, 0.15) is 69.9 Å². The Labute approximate surface area is 184 Å². The van der Waals surface area contributed by atoms with Gasteiger partial charge in [0.25, 0.3) is 0 Å². The molecule has 0 aliphatic carbocycles. The second-order valence-corrected chi connectivity index (χ2v) is 9.92. The van der Waals surface area contributed by atoms with Gasteiger partial charge in [-0.1, -0.05) is 64.8 Å². The molecule has 0 unspecified atom stereocenters. The molecule has 2 amide bonds. The van der Waals surface area contributed by atoms with Crippen LogP contribution in [0.25, 0.3) is 0 Å². The zero-order valence-corrected chi connectivity index (χ0v) is 19.2. The first-order chi connectivity index (χ1) is 14.3. The first-order valence-corrected chi connectivity index (χ1v) is 11.8. The van der Waals surface area contributed by atoms with Crippen molar-refractivity contribution >= 4 is 35.0 Å². The van der Waals surface area contributed by atoms with E-state index in [1.807, 2.05) is 41.3 Å². The quantitative estimate of drug-likeness (QED) is 0.532. The summed E-state index contributed by atoms with van der Waals surface area (Å²) in [6.45, 7) is 8.68. The second kappa shape index (κ2) is 9.69. The molecule has 1 atom stereocenters. The number of nitrogens with one attached hydrogen (secondary N) is 1. The number of hydrogen-bond acceptors (Lipinski definition) is 3. The number of amides is 2. The van der Waals surface area contributed by atoms with Crippen molar-refractivity contribution in [1.82, 2.24) is 0 Å². The largest absolute Gasteiger partial charge is 0.326 e. The summed E-state index contributed by atoms with van der Waals surface area (Å²) >= 11 is 1.62. The summed E-state index contributed by atoms with van der Waals surface area (Å²) in [7, 11) is 0. The van der Waals surface area contributed by atoms with E-state index >= 15 is 0 Å². The molecule has 0 bridgehead atoms. The van der Waals surface area contributed by atoms with Gasteiger partial charge in [0.15, 0.2) is 0 Å². The molecule has 160 valence electrons. The standard InChI is InChI=1S/C25H32N2O2S/c1-5-6-7-11-22(28)26-20-10-8-9-18(16-20)24-27(23(29)17-30-24)21-14-12-19(13-15-21)25(2,3)4/h8-10,12-16,24H,5-7,11,17H2,1-4H3,(H,26,28)/t24-/m0/s1. The van der Waals surface area contributed by atoms with E-state index in [0.717, 1.165) is 36.2 Å². The number of rotatable bonds is 7. The molecule has 30 heavy (non-hydrogen) atoms. The van der Waals surface area contributed by atoms with Crippen LogP contribution in [0.3, 0.4) is 0 Å². The minimum atomic E-state index is -0.0880. The Morgan fingerprint density at radius 3 is 2.53 bits per heavy atom. The first kappa shape index (κ1) is 22.4. The van der Waals surface area contributed by atoms with Crippen LogP contribution in [0, 0.1) is 0 Å². The van der Waals surface area contributed by atoms with Crippen LogP contribution in [0.5, 0.6) is 0 Å². The Morgan fingerprint density at radius 2 is 1.87 bits per heavy atom. The summed E-state index contributed by atoms with van der Waals surface area (Å²) in [5.74, 6) is 0.618. The van der Waals surface area contributed by atoms with Gasteiger partial charge in [0.2, 0.25) is 11.8 Å². The van der Waals surface area contributed by atoms with Crippen LogP contribution >= 0.6 is 11.8 Å². The summed E-state index contributed by atoms with van der Waals surface area (Å²) in [6, 6.07) is 16.2. The van der Waals surface area contributed by atoms with Gasteiger partial charge in [-0.15, -0.1) is 11.8 Å². The van der Waals surface area contributed by atoms with Crippen LogP contribution in [0.15, 0.2) is 48.5 Å². The van der Waals surface area contributed by atoms with Crippen molar-refractivity contribution in [3.8, 4) is 0 Å². The van der Waals surface area contributed by atoms with E-state index in [4.69, 9.17) is 0 Å². The summed E-state index contributed by atoms with van der Waals surface area (Å²) in [4.78, 5) is 26.7. The minimum absolute atomic E-state index is 0.0466. The number of carbonyl (C=O) groups excluding carboxylic acids is 2. The molecular weight excluding hydrogens is 392 g/mol. The Morgan fingerprint density at radius 1 is 1.13 bits per heavy atom. The number of hydrogen-bond donors (Lipinski definition) is 1. The van der Waals surface area contributed by atoms with Crippen molar-refractivity contribution in [1.29, 1.82) is 0 Å². The molecule has 5 heteroatoms. The maximum atomic E-state index is 12.7. The Balaban J connectivity index is 1.77. The van der Waals surface area contributed by atoms with Crippen molar-refractivity contribution in [3.05, 3.63) is 59.7 Å². The normalized spacial score (nSPS) is 16.7. The molecule has 1 saturated heterocycles. The minimum Gasteiger partial charge on any atom is -0.326 e. The molecule has 2 aromatic carbocycles. The molecule has 1 heterocycles. The van der Waals surface area contributed by atoms with Crippen molar-refractivity contribution < 1.29 is 9.59 Å². The number of carbonyl (C=O) groups is 2. The van der Waals surface area contributed by atoms with Gasteiger partial charge in [0.1, 0.15) is 5.37 Å². The zero-order chi connectivity index (χ0) is 21.7. The topological polar surface area (TPSA) is 49.4 Å². The van der Waals surface area contributed by atoms with E-state index in [-0.39, 0.29) is 22.6 Å². The van der Waals surface area contributed by atoms with E-state index in [1.54, 1.807) is 11.8 Å². The average Bonchev–Trinajstić information content (AvgIpc) is 3.09. The molecule has 0 saturated carbocycles. The van der Waals surface area contributed by atoms with E-state index in [1.165, 1.54) is 5.56 Å². The Kier molecular flexibility index (Phi) is 7.24. The van der Waals surface area contributed by atoms with E-state index in [2.05, 4.69) is 45.1 Å². The molecule has 2 aromatic rings. The third kappa shape index (κ3) is 5.45. The first-order valence-electron chi connectivity index (χ1n) is 10.7. The summed E-state index contributed by atoms with van der Waals surface area (Å²) in [5, 5.41) is 2.91. The van der Waals surface area contributed by atoms with E-state index in [9.17, 15) is 9.59 Å². The monoisotopic (exact) mass is 424 g/mol. The van der Waals surface area contributed by atoms with Gasteiger partial charge in [0.05, 0.1) is 5.75 Å². The van der Waals surface area contributed by atoms with E-state index < -0.39 is 0 Å². The molecule has 4 nitrogen and oxygen atoms in total. The molecule has 0 aromatic heterocycles. The third-order valence-electron chi connectivity index (χ3n) is 5.34. The van der Waals surface area contributed by atoms with Crippen molar-refractivity contribution in [2.45, 2.75) is 64.2 Å². The fourth-order valence-electron chi connectivity index (χ4n) is 3.60. The highest BCUT2D eigenvalue weighted by Gasteiger charge is 2.34. The lowest BCUT2D eigenvalue weighted by Gasteiger charge is -2.26. The lowest BCUT2D eigenvalue weighted by Crippen LogP contribution is -2.28. The van der Waals surface area contributed by atoms with E-state index in [0.29, 0.717) is 12.2 Å². The fourth-order valence-corrected chi connectivity index (χ4v) is 4.77. The van der Waals surface area contributed by atoms with Gasteiger partial charge in [-0.05, 0) is 47.2 Å². The zero-order valence-electron chi connectivity index (χ0n) is 18.4. The lowest BCUT2D eigenvalue weighted by molar-refractivity contribution is -0.117. The van der Waals surface area contributed by atoms with Crippen LogP contribution < -0.4 is 10.2 Å². The summed E-state index contributed by atoms with van der Waals surface area (Å²) in [6.07, 6.45) is 3.62. The van der Waals surface area contributed by atoms with Crippen molar-refractivity contribution in [2.24, 2.45) is 0 Å². The average molecular weight is 425 g/mol. The van der Waals surface area contributed by atoms with Gasteiger partial charge in [-0.25, -0.2) is 0 Å². The molecule has 1 fully saturated rings. The van der Waals surface area contributed by atoms with Gasteiger partial charge < -0.3 is 5.32 Å². The third-order valence-corrected chi connectivity index (χ3v) is 6.55. The molecule has 0 spiro atoms. The molecule has 1 N–H and O–H groups in total. The van der Waals surface area contributed by atoms with Crippen LogP contribution in [-0.2, 0) is 15.0 Å². The number of unbranched alkanes of at least 4 members (excludes halogenated alkanes) is 2. The molecule has 1 aliphatic rings. The summed E-state index contributed by atoms with van der Waals surface area (Å²) < 4.78 is 0.